The zero-order valence-corrected chi connectivity index (χ0v) is 6.74. The van der Waals surface area contributed by atoms with Gasteiger partial charge < -0.3 is 0 Å². The average Bonchev–Trinajstić information content (AvgIpc) is 2.11. The fraction of sp³-hybridized carbons (Fsp3) is 0.250. The van der Waals surface area contributed by atoms with Crippen LogP contribution in [0.5, 0.6) is 0 Å². The van der Waals surface area contributed by atoms with Crippen molar-refractivity contribution in [3.05, 3.63) is 35.2 Å². The largest absolute Gasteiger partial charge is 0.242 e. The molecule has 0 aliphatic rings. The van der Waals surface area contributed by atoms with E-state index in [1.165, 1.54) is 0 Å². The van der Waals surface area contributed by atoms with E-state index in [1.807, 2.05) is 32.0 Å². The van der Waals surface area contributed by atoms with Gasteiger partial charge in [0.15, 0.2) is 0 Å². The van der Waals surface area contributed by atoms with Gasteiger partial charge in [-0.25, -0.2) is 5.43 Å². The molecule has 3 nitrogen and oxygen atoms in total. The van der Waals surface area contributed by atoms with Crippen molar-refractivity contribution < 1.29 is 0 Å². The Bertz CT molecular complexity index is 187. The molecule has 11 heavy (non-hydrogen) atoms. The molecular formula is C8H12N2O. The van der Waals surface area contributed by atoms with Crippen LogP contribution in [0.3, 0.4) is 0 Å². The molecule has 0 unspecified atom stereocenters. The Balaban J connectivity index is 0.000000461. The van der Waals surface area contributed by atoms with Crippen LogP contribution in [0.2, 0.25) is 0 Å². The standard InChI is InChI=1S/C6H6N2O.C2H6/c9-8-7-6-4-2-1-3-5-6;1-2/h1-5H,(H,7,9);1-2H3. The van der Waals surface area contributed by atoms with Crippen LogP contribution in [0.4, 0.5) is 5.69 Å². The molecule has 0 saturated carbocycles. The first kappa shape index (κ1) is 9.62. The third-order valence-electron chi connectivity index (χ3n) is 0.949. The summed E-state index contributed by atoms with van der Waals surface area (Å²) in [6, 6.07) is 9.06. The van der Waals surface area contributed by atoms with Gasteiger partial charge in [0.05, 0.1) is 11.0 Å². The molecule has 0 aliphatic carbocycles. The molecule has 1 rings (SSSR count). The maximum atomic E-state index is 9.61. The van der Waals surface area contributed by atoms with Crippen LogP contribution < -0.4 is 5.43 Å². The molecule has 0 amide bonds. The van der Waals surface area contributed by atoms with Crippen molar-refractivity contribution in [2.24, 2.45) is 5.29 Å². The number of rotatable bonds is 2. The van der Waals surface area contributed by atoms with Gasteiger partial charge in [-0.05, 0) is 12.1 Å². The summed E-state index contributed by atoms with van der Waals surface area (Å²) < 4.78 is 0. The predicted molar refractivity (Wildman–Crippen MR) is 47.2 cm³/mol. The third kappa shape index (κ3) is 4.08. The summed E-state index contributed by atoms with van der Waals surface area (Å²) in [6.45, 7) is 4.00. The minimum Gasteiger partial charge on any atom is -0.242 e. The average molecular weight is 152 g/mol. The monoisotopic (exact) mass is 152 g/mol. The number of hydrogen-bond donors (Lipinski definition) is 1. The Morgan fingerprint density at radius 1 is 1.18 bits per heavy atom. The highest BCUT2D eigenvalue weighted by Crippen LogP contribution is 2.03. The minimum atomic E-state index is 0.715. The molecule has 60 valence electrons. The molecule has 0 aliphatic heterocycles. The molecule has 1 aromatic rings. The van der Waals surface area contributed by atoms with Gasteiger partial charge in [0, 0.05) is 0 Å². The summed E-state index contributed by atoms with van der Waals surface area (Å²) in [5.74, 6) is 0. The number of nitrogens with one attached hydrogen (secondary N) is 1. The van der Waals surface area contributed by atoms with Gasteiger partial charge in [-0.15, -0.1) is 4.91 Å². The van der Waals surface area contributed by atoms with E-state index in [2.05, 4.69) is 10.7 Å². The van der Waals surface area contributed by atoms with E-state index in [4.69, 9.17) is 0 Å². The highest BCUT2D eigenvalue weighted by Gasteiger charge is 1.82. The second kappa shape index (κ2) is 6.74. The van der Waals surface area contributed by atoms with Crippen LogP contribution in [0, 0.1) is 4.91 Å². The fourth-order valence-corrected chi connectivity index (χ4v) is 0.565. The van der Waals surface area contributed by atoms with Gasteiger partial charge in [0.1, 0.15) is 0 Å². The van der Waals surface area contributed by atoms with Crippen LogP contribution in [-0.4, -0.2) is 0 Å². The van der Waals surface area contributed by atoms with Gasteiger partial charge in [-0.3, -0.25) is 0 Å². The molecule has 0 aromatic heterocycles. The van der Waals surface area contributed by atoms with Gasteiger partial charge in [-0.2, -0.15) is 0 Å². The Labute approximate surface area is 66.4 Å². The van der Waals surface area contributed by atoms with Crippen molar-refractivity contribution in [2.75, 3.05) is 5.43 Å². The first-order valence-electron chi connectivity index (χ1n) is 3.57. The maximum Gasteiger partial charge on any atom is 0.0594 e. The van der Waals surface area contributed by atoms with E-state index >= 15 is 0 Å². The zero-order chi connectivity index (χ0) is 8.53. The molecule has 0 saturated heterocycles. The van der Waals surface area contributed by atoms with E-state index < -0.39 is 0 Å². The van der Waals surface area contributed by atoms with E-state index in [1.54, 1.807) is 12.1 Å². The van der Waals surface area contributed by atoms with Crippen molar-refractivity contribution in [1.82, 2.24) is 0 Å². The summed E-state index contributed by atoms with van der Waals surface area (Å²) in [5.41, 5.74) is 2.99. The fourth-order valence-electron chi connectivity index (χ4n) is 0.565. The van der Waals surface area contributed by atoms with Crippen molar-refractivity contribution >= 4 is 5.69 Å². The predicted octanol–water partition coefficient (Wildman–Crippen LogP) is 2.81. The van der Waals surface area contributed by atoms with Crippen LogP contribution in [0.15, 0.2) is 35.6 Å². The SMILES string of the molecule is CC.O=NNc1ccccc1. The van der Waals surface area contributed by atoms with Gasteiger partial charge in [0.2, 0.25) is 0 Å². The number of para-hydroxylation sites is 1. The summed E-state index contributed by atoms with van der Waals surface area (Å²) >= 11 is 0. The smallest absolute Gasteiger partial charge is 0.0594 e. The molecule has 1 aromatic carbocycles. The van der Waals surface area contributed by atoms with Crippen LogP contribution >= 0.6 is 0 Å². The molecular weight excluding hydrogens is 140 g/mol. The van der Waals surface area contributed by atoms with Crippen LogP contribution in [0.1, 0.15) is 13.8 Å². The lowest BCUT2D eigenvalue weighted by Gasteiger charge is -1.91. The van der Waals surface area contributed by atoms with Gasteiger partial charge in [0.25, 0.3) is 0 Å². The normalized spacial score (nSPS) is 7.45. The Kier molecular flexibility index (Phi) is 5.89. The number of nitrogens with zero attached hydrogens (tertiary/aromatic N) is 1. The zero-order valence-electron chi connectivity index (χ0n) is 6.74. The number of nitroso groups, excluding NO2 is 1. The second-order valence-electron chi connectivity index (χ2n) is 1.57. The molecule has 0 fully saturated rings. The van der Waals surface area contributed by atoms with Gasteiger partial charge >= 0.3 is 0 Å². The molecule has 0 atom stereocenters. The molecule has 0 bridgehead atoms. The Morgan fingerprint density at radius 3 is 2.18 bits per heavy atom. The van der Waals surface area contributed by atoms with Crippen molar-refractivity contribution in [2.45, 2.75) is 13.8 Å². The topological polar surface area (TPSA) is 41.5 Å². The number of hydrogen-bond acceptors (Lipinski definition) is 2. The summed E-state index contributed by atoms with van der Waals surface area (Å²) in [6.07, 6.45) is 0. The summed E-state index contributed by atoms with van der Waals surface area (Å²) in [7, 11) is 0. The summed E-state index contributed by atoms with van der Waals surface area (Å²) in [4.78, 5) is 9.61. The molecule has 0 spiro atoms. The lowest BCUT2D eigenvalue weighted by Crippen LogP contribution is -1.82. The molecule has 1 N–H and O–H groups in total. The first-order chi connectivity index (χ1) is 5.43. The van der Waals surface area contributed by atoms with E-state index in [9.17, 15) is 4.91 Å². The molecule has 0 heterocycles. The highest BCUT2D eigenvalue weighted by atomic mass is 16.3. The second-order valence-corrected chi connectivity index (χ2v) is 1.57. The summed E-state index contributed by atoms with van der Waals surface area (Å²) in [5, 5.41) is 2.51. The molecule has 0 radical (unpaired) electrons. The molecule has 3 heteroatoms. The van der Waals surface area contributed by atoms with Crippen LogP contribution in [-0.2, 0) is 0 Å². The van der Waals surface area contributed by atoms with E-state index in [-0.39, 0.29) is 0 Å². The first-order valence-corrected chi connectivity index (χ1v) is 3.57. The highest BCUT2D eigenvalue weighted by molar-refractivity contribution is 5.41. The third-order valence-corrected chi connectivity index (χ3v) is 0.949. The lowest BCUT2D eigenvalue weighted by molar-refractivity contribution is 1.32. The lowest BCUT2D eigenvalue weighted by atomic mass is 10.3. The van der Waals surface area contributed by atoms with Crippen molar-refractivity contribution in [1.29, 1.82) is 0 Å². The quantitative estimate of drug-likeness (QED) is 0.523. The number of benzene rings is 1. The van der Waals surface area contributed by atoms with Crippen molar-refractivity contribution in [3.63, 3.8) is 0 Å². The maximum absolute atomic E-state index is 9.61. The minimum absolute atomic E-state index is 0.715. The number of anilines is 1. The van der Waals surface area contributed by atoms with Crippen molar-refractivity contribution in [3.8, 4) is 0 Å². The van der Waals surface area contributed by atoms with Gasteiger partial charge in [-0.1, -0.05) is 32.0 Å². The Morgan fingerprint density at radius 2 is 1.73 bits per heavy atom. The van der Waals surface area contributed by atoms with Crippen LogP contribution in [0.25, 0.3) is 0 Å². The Hall–Kier alpha value is -1.38. The van der Waals surface area contributed by atoms with E-state index in [0.717, 1.165) is 0 Å². The van der Waals surface area contributed by atoms with E-state index in [0.29, 0.717) is 5.69 Å².